The number of halogens is 4. The van der Waals surface area contributed by atoms with Crippen LogP contribution in [0.2, 0.25) is 0 Å². The van der Waals surface area contributed by atoms with Crippen LogP contribution in [-0.4, -0.2) is 24.5 Å². The van der Waals surface area contributed by atoms with E-state index in [9.17, 15) is 13.2 Å². The van der Waals surface area contributed by atoms with Gasteiger partial charge in [0.25, 0.3) is 0 Å². The third-order valence-electron chi connectivity index (χ3n) is 5.93. The molecule has 0 aromatic heterocycles. The van der Waals surface area contributed by atoms with Crippen LogP contribution in [0, 0.1) is 0 Å². The van der Waals surface area contributed by atoms with Crippen molar-refractivity contribution in [1.29, 1.82) is 0 Å². The number of rotatable bonds is 6. The molecule has 1 aliphatic heterocycles. The summed E-state index contributed by atoms with van der Waals surface area (Å²) in [6.45, 7) is 2.88. The van der Waals surface area contributed by atoms with Crippen molar-refractivity contribution in [2.24, 2.45) is 0 Å². The van der Waals surface area contributed by atoms with E-state index in [1.165, 1.54) is 28.5 Å². The van der Waals surface area contributed by atoms with E-state index in [1.54, 1.807) is 12.1 Å². The highest BCUT2D eigenvalue weighted by molar-refractivity contribution is 5.86. The molecule has 0 saturated heterocycles. The molecule has 3 aromatic carbocycles. The van der Waals surface area contributed by atoms with E-state index in [-0.39, 0.29) is 12.4 Å². The van der Waals surface area contributed by atoms with Crippen molar-refractivity contribution in [2.45, 2.75) is 31.9 Å². The molecule has 0 radical (unpaired) electrons. The second kappa shape index (κ2) is 10.3. The van der Waals surface area contributed by atoms with Crippen LogP contribution in [0.15, 0.2) is 72.8 Å². The minimum absolute atomic E-state index is 0. The van der Waals surface area contributed by atoms with Crippen molar-refractivity contribution < 1.29 is 13.2 Å². The van der Waals surface area contributed by atoms with E-state index >= 15 is 0 Å². The molecule has 0 N–H and O–H groups in total. The molecule has 0 saturated carbocycles. The summed E-state index contributed by atoms with van der Waals surface area (Å²) in [6, 6.07) is 20.6. The van der Waals surface area contributed by atoms with E-state index in [1.807, 2.05) is 0 Å². The lowest BCUT2D eigenvalue weighted by molar-refractivity contribution is -0.137. The average Bonchev–Trinajstić information content (AvgIpc) is 2.77. The third kappa shape index (κ3) is 5.90. The summed E-state index contributed by atoms with van der Waals surface area (Å²) >= 11 is 0. The van der Waals surface area contributed by atoms with Crippen LogP contribution in [0.25, 0.3) is 16.3 Å². The Bertz CT molecular complexity index is 1020. The molecule has 0 aliphatic carbocycles. The molecule has 31 heavy (non-hydrogen) atoms. The zero-order chi connectivity index (χ0) is 21.0. The van der Waals surface area contributed by atoms with Crippen molar-refractivity contribution in [2.75, 3.05) is 19.6 Å². The number of fused-ring (bicyclic) bond motifs is 1. The van der Waals surface area contributed by atoms with E-state index in [0.717, 1.165) is 56.5 Å². The number of hydrogen-bond donors (Lipinski definition) is 0. The molecular formula is C26H27ClF3N. The SMILES string of the molecule is Cl.FC(F)(F)c1ccc(C2=CCN(CCCCc3cccc4ccccc34)CC2)cc1. The molecule has 1 nitrogen and oxygen atoms in total. The highest BCUT2D eigenvalue weighted by Gasteiger charge is 2.30. The Kier molecular flexibility index (Phi) is 7.79. The van der Waals surface area contributed by atoms with Gasteiger partial charge in [0, 0.05) is 13.1 Å². The Labute approximate surface area is 188 Å². The van der Waals surface area contributed by atoms with Gasteiger partial charge in [-0.25, -0.2) is 0 Å². The number of hydrogen-bond acceptors (Lipinski definition) is 1. The average molecular weight is 446 g/mol. The first-order chi connectivity index (χ1) is 14.5. The molecule has 4 rings (SSSR count). The first kappa shape index (κ1) is 23.4. The lowest BCUT2D eigenvalue weighted by Gasteiger charge is -2.26. The predicted molar refractivity (Wildman–Crippen MR) is 125 cm³/mol. The maximum absolute atomic E-state index is 12.7. The fourth-order valence-electron chi connectivity index (χ4n) is 4.21. The highest BCUT2D eigenvalue weighted by Crippen LogP contribution is 2.31. The normalized spacial score (nSPS) is 14.9. The smallest absolute Gasteiger partial charge is 0.299 e. The summed E-state index contributed by atoms with van der Waals surface area (Å²) in [4.78, 5) is 2.43. The van der Waals surface area contributed by atoms with E-state index in [0.29, 0.717) is 0 Å². The summed E-state index contributed by atoms with van der Waals surface area (Å²) in [5.41, 5.74) is 2.88. The van der Waals surface area contributed by atoms with Gasteiger partial charge in [0.15, 0.2) is 0 Å². The van der Waals surface area contributed by atoms with Crippen LogP contribution in [0.3, 0.4) is 0 Å². The van der Waals surface area contributed by atoms with Crippen LogP contribution in [-0.2, 0) is 12.6 Å². The van der Waals surface area contributed by atoms with Gasteiger partial charge >= 0.3 is 6.18 Å². The van der Waals surface area contributed by atoms with Gasteiger partial charge in [0.1, 0.15) is 0 Å². The molecule has 1 aliphatic rings. The summed E-state index contributed by atoms with van der Waals surface area (Å²) in [5.74, 6) is 0. The molecule has 3 aromatic rings. The molecule has 0 amide bonds. The Balaban J connectivity index is 0.00000272. The summed E-state index contributed by atoms with van der Waals surface area (Å²) in [5, 5.41) is 2.65. The van der Waals surface area contributed by atoms with Gasteiger partial charge in [-0.3, -0.25) is 4.90 Å². The minimum atomic E-state index is -4.28. The Morgan fingerprint density at radius 3 is 2.29 bits per heavy atom. The predicted octanol–water partition coefficient (Wildman–Crippen LogP) is 7.39. The standard InChI is InChI=1S/C26H26F3N.ClH/c27-26(28,29)24-13-11-20(12-14-24)21-15-18-30(19-16-21)17-4-3-7-23-9-5-8-22-6-1-2-10-25(22)23;/h1-2,5-6,8-15H,3-4,7,16-19H2;1H. The summed E-state index contributed by atoms with van der Waals surface area (Å²) in [6.07, 6.45) is 2.16. The largest absolute Gasteiger partial charge is 0.416 e. The molecule has 0 atom stereocenters. The number of nitrogens with zero attached hydrogens (tertiary/aromatic N) is 1. The molecule has 0 unspecified atom stereocenters. The lowest BCUT2D eigenvalue weighted by atomic mass is 9.98. The van der Waals surface area contributed by atoms with Crippen molar-refractivity contribution in [3.8, 4) is 0 Å². The van der Waals surface area contributed by atoms with Crippen LogP contribution < -0.4 is 0 Å². The molecular weight excluding hydrogens is 419 g/mol. The number of alkyl halides is 3. The van der Waals surface area contributed by atoms with Gasteiger partial charge in [-0.15, -0.1) is 12.4 Å². The number of unbranched alkanes of at least 4 members (excludes halogenated alkanes) is 1. The molecule has 0 fully saturated rings. The van der Waals surface area contributed by atoms with E-state index in [4.69, 9.17) is 0 Å². The first-order valence-corrected chi connectivity index (χ1v) is 10.6. The van der Waals surface area contributed by atoms with Crippen LogP contribution in [0.1, 0.15) is 36.0 Å². The Morgan fingerprint density at radius 2 is 1.58 bits per heavy atom. The monoisotopic (exact) mass is 445 g/mol. The fraction of sp³-hybridized carbons (Fsp3) is 0.308. The zero-order valence-electron chi connectivity index (χ0n) is 17.4. The minimum Gasteiger partial charge on any atom is -0.299 e. The molecule has 5 heteroatoms. The quantitative estimate of drug-likeness (QED) is 0.357. The summed E-state index contributed by atoms with van der Waals surface area (Å²) < 4.78 is 38.2. The Morgan fingerprint density at radius 1 is 0.839 bits per heavy atom. The van der Waals surface area contributed by atoms with E-state index in [2.05, 4.69) is 53.4 Å². The first-order valence-electron chi connectivity index (χ1n) is 10.6. The van der Waals surface area contributed by atoms with Crippen molar-refractivity contribution in [1.82, 2.24) is 4.90 Å². The zero-order valence-corrected chi connectivity index (χ0v) is 18.2. The van der Waals surface area contributed by atoms with Gasteiger partial charge in [-0.1, -0.05) is 60.7 Å². The topological polar surface area (TPSA) is 3.24 Å². The summed E-state index contributed by atoms with van der Waals surface area (Å²) in [7, 11) is 0. The second-order valence-corrected chi connectivity index (χ2v) is 7.95. The van der Waals surface area contributed by atoms with Gasteiger partial charge in [0.2, 0.25) is 0 Å². The molecule has 0 spiro atoms. The second-order valence-electron chi connectivity index (χ2n) is 7.95. The van der Waals surface area contributed by atoms with E-state index < -0.39 is 11.7 Å². The van der Waals surface area contributed by atoms with Crippen LogP contribution in [0.5, 0.6) is 0 Å². The maximum atomic E-state index is 12.7. The lowest BCUT2D eigenvalue weighted by Crippen LogP contribution is -2.29. The number of aryl methyl sites for hydroxylation is 1. The van der Waals surface area contributed by atoms with Crippen molar-refractivity contribution in [3.05, 3.63) is 89.5 Å². The fourth-order valence-corrected chi connectivity index (χ4v) is 4.21. The number of benzene rings is 3. The third-order valence-corrected chi connectivity index (χ3v) is 5.93. The molecule has 1 heterocycles. The maximum Gasteiger partial charge on any atom is 0.416 e. The van der Waals surface area contributed by atoms with Gasteiger partial charge in [-0.05, 0) is 71.8 Å². The Hall–Kier alpha value is -2.30. The molecule has 0 bridgehead atoms. The van der Waals surface area contributed by atoms with Gasteiger partial charge in [-0.2, -0.15) is 13.2 Å². The highest BCUT2D eigenvalue weighted by atomic mass is 35.5. The van der Waals surface area contributed by atoms with Gasteiger partial charge in [0.05, 0.1) is 5.56 Å². The van der Waals surface area contributed by atoms with Crippen molar-refractivity contribution >= 4 is 28.8 Å². The van der Waals surface area contributed by atoms with Crippen molar-refractivity contribution in [3.63, 3.8) is 0 Å². The van der Waals surface area contributed by atoms with Gasteiger partial charge < -0.3 is 0 Å². The molecule has 164 valence electrons. The van der Waals surface area contributed by atoms with Crippen LogP contribution >= 0.6 is 12.4 Å². The van der Waals surface area contributed by atoms with Crippen LogP contribution in [0.4, 0.5) is 13.2 Å².